The Balaban J connectivity index is 1.70. The molecule has 0 radical (unpaired) electrons. The van der Waals surface area contributed by atoms with E-state index in [-0.39, 0.29) is 24.1 Å². The molecule has 23 heavy (non-hydrogen) atoms. The van der Waals surface area contributed by atoms with Crippen molar-refractivity contribution in [2.45, 2.75) is 11.8 Å². The van der Waals surface area contributed by atoms with Gasteiger partial charge in [0.25, 0.3) is 0 Å². The van der Waals surface area contributed by atoms with E-state index in [1.807, 2.05) is 19.1 Å². The Morgan fingerprint density at radius 3 is 2.65 bits per heavy atom. The number of nitrogens with one attached hydrogen (secondary N) is 1. The van der Waals surface area contributed by atoms with Crippen LogP contribution in [-0.4, -0.2) is 29.0 Å². The lowest BCUT2D eigenvalue weighted by Crippen LogP contribution is -2.31. The van der Waals surface area contributed by atoms with Crippen LogP contribution in [0.25, 0.3) is 0 Å². The van der Waals surface area contributed by atoms with Crippen LogP contribution in [-0.2, 0) is 15.6 Å². The Morgan fingerprint density at radius 2 is 1.96 bits per heavy atom. The third-order valence-electron chi connectivity index (χ3n) is 3.02. The van der Waals surface area contributed by atoms with Crippen LogP contribution in [0.5, 0.6) is 5.75 Å². The molecule has 2 rings (SSSR count). The molecule has 0 spiro atoms. The van der Waals surface area contributed by atoms with Crippen molar-refractivity contribution >= 4 is 16.7 Å². The van der Waals surface area contributed by atoms with Gasteiger partial charge in [-0.2, -0.15) is 0 Å². The Morgan fingerprint density at radius 1 is 1.22 bits per heavy atom. The standard InChI is InChI=1S/C17H18FNO3S/c1-13-3-2-4-16(11-13)23(21)12-17(20)19-9-10-22-15-7-5-14(18)6-8-15/h2-8,11H,9-10,12H2,1H3,(H,19,20). The maximum Gasteiger partial charge on any atom is 0.233 e. The monoisotopic (exact) mass is 335 g/mol. The van der Waals surface area contributed by atoms with E-state index in [0.29, 0.717) is 17.2 Å². The lowest BCUT2D eigenvalue weighted by molar-refractivity contribution is -0.118. The number of amides is 1. The second-order valence-electron chi connectivity index (χ2n) is 4.96. The predicted octanol–water partition coefficient (Wildman–Crippen LogP) is 2.44. The number of hydrogen-bond donors (Lipinski definition) is 1. The summed E-state index contributed by atoms with van der Waals surface area (Å²) in [6.45, 7) is 2.46. The molecule has 6 heteroatoms. The lowest BCUT2D eigenvalue weighted by Gasteiger charge is -2.08. The molecule has 0 aromatic heterocycles. The van der Waals surface area contributed by atoms with Crippen LogP contribution >= 0.6 is 0 Å². The number of benzene rings is 2. The SMILES string of the molecule is Cc1cccc(S(=O)CC(=O)NCCOc2ccc(F)cc2)c1. The zero-order valence-corrected chi connectivity index (χ0v) is 13.6. The molecule has 1 unspecified atom stereocenters. The zero-order valence-electron chi connectivity index (χ0n) is 12.8. The Bertz CT molecular complexity index is 688. The van der Waals surface area contributed by atoms with Gasteiger partial charge in [-0.3, -0.25) is 9.00 Å². The van der Waals surface area contributed by atoms with Crippen molar-refractivity contribution in [3.05, 3.63) is 59.9 Å². The maximum atomic E-state index is 12.7. The number of rotatable bonds is 7. The summed E-state index contributed by atoms with van der Waals surface area (Å²) in [6.07, 6.45) is 0. The Hall–Kier alpha value is -2.21. The third-order valence-corrected chi connectivity index (χ3v) is 4.33. The second kappa shape index (κ2) is 8.43. The molecule has 0 aliphatic heterocycles. The summed E-state index contributed by atoms with van der Waals surface area (Å²) in [5.74, 6) is -0.180. The average molecular weight is 335 g/mol. The number of aryl methyl sites for hydroxylation is 1. The van der Waals surface area contributed by atoms with E-state index >= 15 is 0 Å². The predicted molar refractivity (Wildman–Crippen MR) is 87.4 cm³/mol. The average Bonchev–Trinajstić information content (AvgIpc) is 2.53. The molecule has 0 fully saturated rings. The molecular weight excluding hydrogens is 317 g/mol. The molecule has 0 heterocycles. The molecule has 4 nitrogen and oxygen atoms in total. The van der Waals surface area contributed by atoms with Gasteiger partial charge in [0.15, 0.2) is 0 Å². The summed E-state index contributed by atoms with van der Waals surface area (Å²) in [5.41, 5.74) is 1.00. The third kappa shape index (κ3) is 5.83. The van der Waals surface area contributed by atoms with Gasteiger partial charge in [0.05, 0.1) is 17.3 Å². The molecule has 2 aromatic carbocycles. The lowest BCUT2D eigenvalue weighted by atomic mass is 10.2. The second-order valence-corrected chi connectivity index (χ2v) is 6.41. The molecule has 1 amide bonds. The van der Waals surface area contributed by atoms with Crippen LogP contribution < -0.4 is 10.1 Å². The van der Waals surface area contributed by atoms with E-state index in [0.717, 1.165) is 5.56 Å². The highest BCUT2D eigenvalue weighted by atomic mass is 32.2. The zero-order chi connectivity index (χ0) is 16.7. The minimum absolute atomic E-state index is 0.0833. The van der Waals surface area contributed by atoms with Gasteiger partial charge in [0, 0.05) is 4.90 Å². The summed E-state index contributed by atoms with van der Waals surface area (Å²) in [6, 6.07) is 12.9. The Labute approximate surface area is 137 Å². The van der Waals surface area contributed by atoms with Gasteiger partial charge in [-0.25, -0.2) is 4.39 Å². The molecule has 0 bridgehead atoms. The summed E-state index contributed by atoms with van der Waals surface area (Å²) in [5, 5.41) is 2.65. The van der Waals surface area contributed by atoms with Gasteiger partial charge in [0.1, 0.15) is 23.9 Å². The van der Waals surface area contributed by atoms with Crippen molar-refractivity contribution in [2.75, 3.05) is 18.9 Å². The Kier molecular flexibility index (Phi) is 6.29. The fraction of sp³-hybridized carbons (Fsp3) is 0.235. The van der Waals surface area contributed by atoms with Crippen LogP contribution in [0.2, 0.25) is 0 Å². The molecule has 1 N–H and O–H groups in total. The van der Waals surface area contributed by atoms with Crippen molar-refractivity contribution < 1.29 is 18.1 Å². The first kappa shape index (κ1) is 17.1. The first-order valence-corrected chi connectivity index (χ1v) is 8.46. The minimum atomic E-state index is -1.36. The smallest absolute Gasteiger partial charge is 0.233 e. The molecule has 0 aliphatic carbocycles. The number of carbonyl (C=O) groups is 1. The highest BCUT2D eigenvalue weighted by Gasteiger charge is 2.10. The summed E-state index contributed by atoms with van der Waals surface area (Å²) < 4.78 is 30.2. The summed E-state index contributed by atoms with van der Waals surface area (Å²) in [4.78, 5) is 12.4. The highest BCUT2D eigenvalue weighted by Crippen LogP contribution is 2.11. The van der Waals surface area contributed by atoms with E-state index in [2.05, 4.69) is 5.32 Å². The van der Waals surface area contributed by atoms with Crippen molar-refractivity contribution in [1.29, 1.82) is 0 Å². The number of ether oxygens (including phenoxy) is 1. The first-order valence-electron chi connectivity index (χ1n) is 7.15. The van der Waals surface area contributed by atoms with Crippen molar-refractivity contribution in [2.24, 2.45) is 0 Å². The van der Waals surface area contributed by atoms with Gasteiger partial charge >= 0.3 is 0 Å². The van der Waals surface area contributed by atoms with Crippen LogP contribution in [0, 0.1) is 12.7 Å². The van der Waals surface area contributed by atoms with Crippen LogP contribution in [0.15, 0.2) is 53.4 Å². The molecule has 122 valence electrons. The quantitative estimate of drug-likeness (QED) is 0.791. The molecule has 0 aliphatic rings. The number of hydrogen-bond acceptors (Lipinski definition) is 3. The number of carbonyl (C=O) groups excluding carboxylic acids is 1. The highest BCUT2D eigenvalue weighted by molar-refractivity contribution is 7.85. The molecule has 0 saturated heterocycles. The van der Waals surface area contributed by atoms with Crippen LogP contribution in [0.3, 0.4) is 0 Å². The molecular formula is C17H18FNO3S. The van der Waals surface area contributed by atoms with Gasteiger partial charge < -0.3 is 10.1 Å². The minimum Gasteiger partial charge on any atom is -0.492 e. The van der Waals surface area contributed by atoms with Gasteiger partial charge in [0.2, 0.25) is 5.91 Å². The topological polar surface area (TPSA) is 55.4 Å². The van der Waals surface area contributed by atoms with Crippen molar-refractivity contribution in [3.8, 4) is 5.75 Å². The van der Waals surface area contributed by atoms with Crippen molar-refractivity contribution in [1.82, 2.24) is 5.32 Å². The van der Waals surface area contributed by atoms with Crippen LogP contribution in [0.4, 0.5) is 4.39 Å². The van der Waals surface area contributed by atoms with Gasteiger partial charge in [-0.1, -0.05) is 12.1 Å². The van der Waals surface area contributed by atoms with E-state index in [1.165, 1.54) is 24.3 Å². The van der Waals surface area contributed by atoms with Crippen molar-refractivity contribution in [3.63, 3.8) is 0 Å². The maximum absolute atomic E-state index is 12.7. The fourth-order valence-electron chi connectivity index (χ4n) is 1.90. The van der Waals surface area contributed by atoms with E-state index in [9.17, 15) is 13.4 Å². The summed E-state index contributed by atoms with van der Waals surface area (Å²) >= 11 is 0. The normalized spacial score (nSPS) is 11.7. The molecule has 0 saturated carbocycles. The first-order chi connectivity index (χ1) is 11.0. The molecule has 2 aromatic rings. The fourth-order valence-corrected chi connectivity index (χ4v) is 2.96. The largest absolute Gasteiger partial charge is 0.492 e. The van der Waals surface area contributed by atoms with E-state index < -0.39 is 10.8 Å². The van der Waals surface area contributed by atoms with E-state index in [1.54, 1.807) is 12.1 Å². The summed E-state index contributed by atoms with van der Waals surface area (Å²) in [7, 11) is -1.36. The molecule has 1 atom stereocenters. The van der Waals surface area contributed by atoms with Gasteiger partial charge in [-0.05, 0) is 48.9 Å². The number of halogens is 1. The van der Waals surface area contributed by atoms with Crippen LogP contribution in [0.1, 0.15) is 5.56 Å². The van der Waals surface area contributed by atoms with E-state index in [4.69, 9.17) is 4.74 Å². The van der Waals surface area contributed by atoms with Gasteiger partial charge in [-0.15, -0.1) is 0 Å².